The molecule has 1 aromatic carbocycles. The molecule has 0 aliphatic carbocycles. The van der Waals surface area contributed by atoms with E-state index in [4.69, 9.17) is 0 Å². The lowest BCUT2D eigenvalue weighted by Gasteiger charge is -2.10. The summed E-state index contributed by atoms with van der Waals surface area (Å²) in [7, 11) is 0. The van der Waals surface area contributed by atoms with E-state index in [0.29, 0.717) is 11.5 Å². The van der Waals surface area contributed by atoms with Crippen LogP contribution in [-0.4, -0.2) is 28.9 Å². The second-order valence-corrected chi connectivity index (χ2v) is 6.45. The topological polar surface area (TPSA) is 42.0 Å². The third kappa shape index (κ3) is 2.96. The molecular formula is C16H18N2OS. The molecule has 1 saturated heterocycles. The summed E-state index contributed by atoms with van der Waals surface area (Å²) in [5.41, 5.74) is 2.65. The first-order valence-electron chi connectivity index (χ1n) is 6.96. The van der Waals surface area contributed by atoms with E-state index in [1.807, 2.05) is 49.0 Å². The van der Waals surface area contributed by atoms with Crippen LogP contribution in [0.15, 0.2) is 30.3 Å². The van der Waals surface area contributed by atoms with Gasteiger partial charge >= 0.3 is 0 Å². The van der Waals surface area contributed by atoms with Crippen molar-refractivity contribution in [1.29, 1.82) is 0 Å². The van der Waals surface area contributed by atoms with Gasteiger partial charge in [0.15, 0.2) is 0 Å². The maximum absolute atomic E-state index is 12.2. The molecule has 1 fully saturated rings. The van der Waals surface area contributed by atoms with Gasteiger partial charge in [-0.05, 0) is 55.0 Å². The van der Waals surface area contributed by atoms with Crippen molar-refractivity contribution >= 4 is 28.6 Å². The van der Waals surface area contributed by atoms with E-state index in [9.17, 15) is 4.79 Å². The first kappa shape index (κ1) is 13.4. The van der Waals surface area contributed by atoms with Crippen LogP contribution in [0.3, 0.4) is 0 Å². The normalized spacial score (nSPS) is 18.4. The highest BCUT2D eigenvalue weighted by Crippen LogP contribution is 2.22. The van der Waals surface area contributed by atoms with Crippen LogP contribution in [0.5, 0.6) is 0 Å². The molecule has 104 valence electrons. The SMILES string of the molecule is Cc1ccc2cc(C(=O)NCC3CCSC3)ccc2n1. The molecule has 3 nitrogen and oxygen atoms in total. The molecule has 3 rings (SSSR count). The van der Waals surface area contributed by atoms with Gasteiger partial charge in [-0.1, -0.05) is 6.07 Å². The lowest BCUT2D eigenvalue weighted by atomic mass is 10.1. The zero-order valence-electron chi connectivity index (χ0n) is 11.6. The number of carbonyl (C=O) groups excluding carboxylic acids is 1. The number of hydrogen-bond acceptors (Lipinski definition) is 3. The number of carbonyl (C=O) groups is 1. The Kier molecular flexibility index (Phi) is 3.92. The number of nitrogens with zero attached hydrogens (tertiary/aromatic N) is 1. The highest BCUT2D eigenvalue weighted by atomic mass is 32.2. The van der Waals surface area contributed by atoms with Crippen molar-refractivity contribution in [1.82, 2.24) is 10.3 Å². The van der Waals surface area contributed by atoms with Gasteiger partial charge in [-0.3, -0.25) is 9.78 Å². The van der Waals surface area contributed by atoms with Gasteiger partial charge in [-0.25, -0.2) is 0 Å². The predicted molar refractivity (Wildman–Crippen MR) is 84.2 cm³/mol. The van der Waals surface area contributed by atoms with Crippen molar-refractivity contribution in [3.8, 4) is 0 Å². The lowest BCUT2D eigenvalue weighted by Crippen LogP contribution is -2.29. The smallest absolute Gasteiger partial charge is 0.251 e. The molecule has 0 spiro atoms. The number of fused-ring (bicyclic) bond motifs is 1. The number of hydrogen-bond donors (Lipinski definition) is 1. The summed E-state index contributed by atoms with van der Waals surface area (Å²) in [6.07, 6.45) is 1.21. The van der Waals surface area contributed by atoms with Gasteiger partial charge in [-0.2, -0.15) is 11.8 Å². The van der Waals surface area contributed by atoms with Gasteiger partial charge in [-0.15, -0.1) is 0 Å². The van der Waals surface area contributed by atoms with Crippen molar-refractivity contribution in [2.45, 2.75) is 13.3 Å². The molecule has 1 aliphatic heterocycles. The van der Waals surface area contributed by atoms with Crippen LogP contribution in [0, 0.1) is 12.8 Å². The van der Waals surface area contributed by atoms with Crippen molar-refractivity contribution < 1.29 is 4.79 Å². The summed E-state index contributed by atoms with van der Waals surface area (Å²) in [6, 6.07) is 9.68. The summed E-state index contributed by atoms with van der Waals surface area (Å²) in [5.74, 6) is 3.04. The number of rotatable bonds is 3. The molecule has 20 heavy (non-hydrogen) atoms. The molecule has 1 N–H and O–H groups in total. The highest BCUT2D eigenvalue weighted by molar-refractivity contribution is 7.99. The van der Waals surface area contributed by atoms with E-state index in [1.54, 1.807) is 0 Å². The minimum Gasteiger partial charge on any atom is -0.352 e. The number of amides is 1. The maximum Gasteiger partial charge on any atom is 0.251 e. The Morgan fingerprint density at radius 2 is 2.30 bits per heavy atom. The second kappa shape index (κ2) is 5.83. The molecule has 1 aromatic heterocycles. The highest BCUT2D eigenvalue weighted by Gasteiger charge is 2.16. The third-order valence-electron chi connectivity index (χ3n) is 3.67. The van der Waals surface area contributed by atoms with Crippen LogP contribution in [0.25, 0.3) is 10.9 Å². The Morgan fingerprint density at radius 1 is 1.40 bits per heavy atom. The molecule has 1 unspecified atom stereocenters. The van der Waals surface area contributed by atoms with E-state index >= 15 is 0 Å². The van der Waals surface area contributed by atoms with Gasteiger partial charge in [0, 0.05) is 23.2 Å². The molecule has 2 heterocycles. The van der Waals surface area contributed by atoms with E-state index in [-0.39, 0.29) is 5.91 Å². The number of aryl methyl sites for hydroxylation is 1. The molecule has 1 atom stereocenters. The quantitative estimate of drug-likeness (QED) is 0.943. The van der Waals surface area contributed by atoms with E-state index in [1.165, 1.54) is 17.9 Å². The van der Waals surface area contributed by atoms with Gasteiger partial charge in [0.2, 0.25) is 0 Å². The second-order valence-electron chi connectivity index (χ2n) is 5.30. The van der Waals surface area contributed by atoms with Crippen LogP contribution in [0.4, 0.5) is 0 Å². The minimum atomic E-state index is 0.0179. The molecule has 0 saturated carbocycles. The molecule has 0 bridgehead atoms. The Bertz CT molecular complexity index is 635. The van der Waals surface area contributed by atoms with Gasteiger partial charge in [0.1, 0.15) is 0 Å². The fourth-order valence-electron chi connectivity index (χ4n) is 2.45. The predicted octanol–water partition coefficient (Wildman–Crippen LogP) is 3.03. The summed E-state index contributed by atoms with van der Waals surface area (Å²) < 4.78 is 0. The van der Waals surface area contributed by atoms with Crippen LogP contribution in [0.1, 0.15) is 22.5 Å². The summed E-state index contributed by atoms with van der Waals surface area (Å²) in [4.78, 5) is 16.6. The minimum absolute atomic E-state index is 0.0179. The average Bonchev–Trinajstić information content (AvgIpc) is 2.97. The number of thioether (sulfide) groups is 1. The standard InChI is InChI=1S/C16H18N2OS/c1-11-2-3-13-8-14(4-5-15(13)18-11)16(19)17-9-12-6-7-20-10-12/h2-5,8,12H,6-7,9-10H2,1H3,(H,17,19). The monoisotopic (exact) mass is 286 g/mol. The lowest BCUT2D eigenvalue weighted by molar-refractivity contribution is 0.0948. The van der Waals surface area contributed by atoms with E-state index in [2.05, 4.69) is 10.3 Å². The number of pyridine rings is 1. The Balaban J connectivity index is 1.72. The van der Waals surface area contributed by atoms with E-state index in [0.717, 1.165) is 23.1 Å². The average molecular weight is 286 g/mol. The van der Waals surface area contributed by atoms with Crippen LogP contribution in [0.2, 0.25) is 0 Å². The Hall–Kier alpha value is -1.55. The maximum atomic E-state index is 12.2. The Labute approximate surface area is 123 Å². The number of aromatic nitrogens is 1. The number of nitrogens with one attached hydrogen (secondary N) is 1. The zero-order chi connectivity index (χ0) is 13.9. The Morgan fingerprint density at radius 3 is 3.10 bits per heavy atom. The van der Waals surface area contributed by atoms with Gasteiger partial charge < -0.3 is 5.32 Å². The number of benzene rings is 1. The van der Waals surface area contributed by atoms with Gasteiger partial charge in [0.05, 0.1) is 5.52 Å². The third-order valence-corrected chi connectivity index (χ3v) is 4.90. The molecule has 0 radical (unpaired) electrons. The molecule has 1 amide bonds. The van der Waals surface area contributed by atoms with Crippen molar-refractivity contribution in [3.05, 3.63) is 41.6 Å². The van der Waals surface area contributed by atoms with Crippen LogP contribution >= 0.6 is 11.8 Å². The summed E-state index contributed by atoms with van der Waals surface area (Å²) in [6.45, 7) is 2.76. The van der Waals surface area contributed by atoms with Crippen LogP contribution < -0.4 is 5.32 Å². The van der Waals surface area contributed by atoms with Crippen molar-refractivity contribution in [2.24, 2.45) is 5.92 Å². The summed E-state index contributed by atoms with van der Waals surface area (Å²) in [5, 5.41) is 4.06. The largest absolute Gasteiger partial charge is 0.352 e. The molecule has 1 aliphatic rings. The first-order valence-corrected chi connectivity index (χ1v) is 8.11. The van der Waals surface area contributed by atoms with Gasteiger partial charge in [0.25, 0.3) is 5.91 Å². The van der Waals surface area contributed by atoms with Crippen molar-refractivity contribution in [2.75, 3.05) is 18.1 Å². The van der Waals surface area contributed by atoms with Crippen molar-refractivity contribution in [3.63, 3.8) is 0 Å². The molecular weight excluding hydrogens is 268 g/mol. The molecule has 2 aromatic rings. The zero-order valence-corrected chi connectivity index (χ0v) is 12.4. The fraction of sp³-hybridized carbons (Fsp3) is 0.375. The molecule has 4 heteroatoms. The summed E-state index contributed by atoms with van der Waals surface area (Å²) >= 11 is 1.97. The first-order chi connectivity index (χ1) is 9.72. The van der Waals surface area contributed by atoms with E-state index < -0.39 is 0 Å². The van der Waals surface area contributed by atoms with Crippen LogP contribution in [-0.2, 0) is 0 Å². The fourth-order valence-corrected chi connectivity index (χ4v) is 3.74.